The topological polar surface area (TPSA) is 139 Å². The smallest absolute Gasteiger partial charge is 0.222 e. The number of hydrogen-bond acceptors (Lipinski definition) is 14. The van der Waals surface area contributed by atoms with Crippen LogP contribution in [-0.4, -0.2) is 203 Å². The van der Waals surface area contributed by atoms with Crippen LogP contribution in [0.3, 0.4) is 0 Å². The molecule has 16 heteroatoms. The van der Waals surface area contributed by atoms with Gasteiger partial charge in [0.15, 0.2) is 0 Å². The van der Waals surface area contributed by atoms with Gasteiger partial charge in [0, 0.05) is 78.3 Å². The predicted molar refractivity (Wildman–Crippen MR) is 358 cm³/mol. The third-order valence-electron chi connectivity index (χ3n) is 16.6. The Hall–Kier alpha value is -4.98. The van der Waals surface area contributed by atoms with Crippen LogP contribution in [0.25, 0.3) is 11.1 Å². The minimum absolute atomic E-state index is 0.182. The molecule has 502 valence electrons. The summed E-state index contributed by atoms with van der Waals surface area (Å²) in [4.78, 5) is 35.0. The van der Waals surface area contributed by atoms with Gasteiger partial charge in [0.1, 0.15) is 11.5 Å². The number of carbonyl (C=O) groups is 2. The molecule has 2 fully saturated rings. The summed E-state index contributed by atoms with van der Waals surface area (Å²) in [6, 6.07) is 37.8. The molecule has 6 rings (SSSR count). The zero-order valence-electron chi connectivity index (χ0n) is 55.0. The van der Waals surface area contributed by atoms with Gasteiger partial charge in [0.2, 0.25) is 11.8 Å². The number of rotatable bonds is 31. The van der Waals surface area contributed by atoms with Crippen molar-refractivity contribution >= 4 is 11.8 Å². The molecule has 16 nitrogen and oxygen atoms in total. The minimum atomic E-state index is 0.182. The van der Waals surface area contributed by atoms with E-state index in [1.165, 1.54) is 88.2 Å². The van der Waals surface area contributed by atoms with Gasteiger partial charge in [0.05, 0.1) is 119 Å². The van der Waals surface area contributed by atoms with Gasteiger partial charge < -0.3 is 57.2 Å². The van der Waals surface area contributed by atoms with Crippen molar-refractivity contribution in [3.63, 3.8) is 0 Å². The Morgan fingerprint density at radius 1 is 0.289 bits per heavy atom. The quantitative estimate of drug-likeness (QED) is 0.0442. The number of ether oxygens (including phenoxy) is 10. The molecule has 2 aliphatic heterocycles. The Bertz CT molecular complexity index is 2130. The van der Waals surface area contributed by atoms with Gasteiger partial charge in [-0.05, 0) is 72.2 Å². The second-order valence-corrected chi connectivity index (χ2v) is 23.8. The maximum absolute atomic E-state index is 13.2. The summed E-state index contributed by atoms with van der Waals surface area (Å²) in [5.74, 6) is 2.19. The molecule has 0 unspecified atom stereocenters. The molecule has 0 aromatic heterocycles. The van der Waals surface area contributed by atoms with E-state index in [4.69, 9.17) is 47.4 Å². The molecular formula is C74H114N4O12. The average molecular weight is 1250 g/mol. The highest BCUT2D eigenvalue weighted by atomic mass is 16.5. The molecule has 0 bridgehead atoms. The fourth-order valence-corrected chi connectivity index (χ4v) is 11.1. The van der Waals surface area contributed by atoms with Gasteiger partial charge in [-0.1, -0.05) is 175 Å². The Balaban J connectivity index is 0.697. The lowest BCUT2D eigenvalue weighted by Crippen LogP contribution is -2.37. The molecule has 0 radical (unpaired) electrons. The van der Waals surface area contributed by atoms with Gasteiger partial charge in [-0.15, -0.1) is 0 Å². The Labute approximate surface area is 541 Å². The molecule has 4 aromatic rings. The van der Waals surface area contributed by atoms with Crippen molar-refractivity contribution in [2.45, 2.75) is 142 Å². The third-order valence-corrected chi connectivity index (χ3v) is 16.6. The largest absolute Gasteiger partial charge is 0.494 e. The zero-order valence-corrected chi connectivity index (χ0v) is 55.0. The third kappa shape index (κ3) is 35.7. The maximum atomic E-state index is 13.2. The first kappa shape index (κ1) is 74.1. The van der Waals surface area contributed by atoms with Crippen molar-refractivity contribution in [1.82, 2.24) is 19.6 Å². The number of amides is 2. The van der Waals surface area contributed by atoms with E-state index >= 15 is 0 Å². The van der Waals surface area contributed by atoms with Crippen molar-refractivity contribution < 1.29 is 57.0 Å². The van der Waals surface area contributed by atoms with Crippen LogP contribution in [-0.2, 0) is 60.6 Å². The minimum Gasteiger partial charge on any atom is -0.494 e. The van der Waals surface area contributed by atoms with Gasteiger partial charge in [0.25, 0.3) is 0 Å². The second-order valence-electron chi connectivity index (χ2n) is 23.8. The number of carbonyl (C=O) groups excluding carboxylic acids is 2. The zero-order chi connectivity index (χ0) is 62.7. The Kier molecular flexibility index (Phi) is 41.6. The van der Waals surface area contributed by atoms with E-state index in [0.717, 1.165) is 114 Å². The van der Waals surface area contributed by atoms with Crippen molar-refractivity contribution in [3.05, 3.63) is 120 Å². The van der Waals surface area contributed by atoms with E-state index in [-0.39, 0.29) is 11.8 Å². The van der Waals surface area contributed by atoms with Gasteiger partial charge >= 0.3 is 0 Å². The summed E-state index contributed by atoms with van der Waals surface area (Å²) in [7, 11) is 0. The first-order valence-electron chi connectivity index (χ1n) is 34.8. The summed E-state index contributed by atoms with van der Waals surface area (Å²) in [5, 5.41) is 0. The highest BCUT2D eigenvalue weighted by molar-refractivity contribution is 5.76. The first-order valence-corrected chi connectivity index (χ1v) is 34.8. The molecule has 2 heterocycles. The Morgan fingerprint density at radius 2 is 0.544 bits per heavy atom. The van der Waals surface area contributed by atoms with Crippen molar-refractivity contribution in [2.24, 2.45) is 0 Å². The molecule has 0 atom stereocenters. The summed E-state index contributed by atoms with van der Waals surface area (Å²) >= 11 is 0. The number of nitrogens with zero attached hydrogens (tertiary/aromatic N) is 4. The van der Waals surface area contributed by atoms with E-state index in [0.29, 0.717) is 145 Å². The standard InChI is InChI=1S/C74H114N4O12/c79-73(77-43-53-85-61-57-81-49-39-75(65-67-25-17-15-18-26-67)40-50-82-58-62-86-54-44-77)29-21-11-7-3-1-5-9-13-23-47-89-71-35-31-69(32-36-71)70-33-37-72(38-34-70)90-48-24-14-10-6-2-4-8-12-22-30-74(80)78-45-55-87-63-59-83-51-41-76(66-68-27-19-16-20-28-68)42-52-84-60-64-88-56-46-78/h15-20,25-28,31-38H,1-14,21-24,29-30,39-66H2. The van der Waals surface area contributed by atoms with Crippen molar-refractivity contribution in [1.29, 1.82) is 0 Å². The summed E-state index contributed by atoms with van der Waals surface area (Å²) < 4.78 is 59.3. The summed E-state index contributed by atoms with van der Waals surface area (Å²) in [6.45, 7) is 17.5. The van der Waals surface area contributed by atoms with Crippen LogP contribution >= 0.6 is 0 Å². The van der Waals surface area contributed by atoms with E-state index < -0.39 is 0 Å². The molecule has 4 aromatic carbocycles. The molecule has 0 spiro atoms. The van der Waals surface area contributed by atoms with E-state index in [1.54, 1.807) is 0 Å². The fourth-order valence-electron chi connectivity index (χ4n) is 11.1. The van der Waals surface area contributed by atoms with Crippen molar-refractivity contribution in [3.8, 4) is 22.6 Å². The SMILES string of the molecule is O=C(CCCCCCCCCCCOc1ccc(-c2ccc(OCCCCCCCCCCCC(=O)N3CCOCCOCCN(Cc4ccccc4)CCOCCOCC3)cc2)cc1)N1CCOCCOCCN(Cc2ccccc2)CCOCCOCC1. The first-order chi connectivity index (χ1) is 44.6. The van der Waals surface area contributed by atoms with Crippen LogP contribution in [0.5, 0.6) is 11.5 Å². The molecule has 2 saturated heterocycles. The predicted octanol–water partition coefficient (Wildman–Crippen LogP) is 12.7. The van der Waals surface area contributed by atoms with Crippen LogP contribution in [0, 0.1) is 0 Å². The van der Waals surface area contributed by atoms with Crippen LogP contribution in [0.15, 0.2) is 109 Å². The van der Waals surface area contributed by atoms with Gasteiger partial charge in [-0.2, -0.15) is 0 Å². The molecule has 0 N–H and O–H groups in total. The van der Waals surface area contributed by atoms with E-state index in [9.17, 15) is 9.59 Å². The number of hydrogen-bond donors (Lipinski definition) is 0. The molecule has 0 aliphatic carbocycles. The Morgan fingerprint density at radius 3 is 0.833 bits per heavy atom. The van der Waals surface area contributed by atoms with Crippen molar-refractivity contribution in [2.75, 3.05) is 171 Å². The summed E-state index contributed by atoms with van der Waals surface area (Å²) in [5.41, 5.74) is 4.89. The fraction of sp³-hybridized carbons (Fsp3) is 0.649. The maximum Gasteiger partial charge on any atom is 0.222 e. The normalized spacial score (nSPS) is 17.2. The van der Waals surface area contributed by atoms with Gasteiger partial charge in [-0.3, -0.25) is 19.4 Å². The van der Waals surface area contributed by atoms with E-state index in [1.807, 2.05) is 21.9 Å². The lowest BCUT2D eigenvalue weighted by molar-refractivity contribution is -0.133. The number of benzene rings is 4. The average Bonchev–Trinajstić information content (AvgIpc) is 2.52. The molecule has 2 amide bonds. The van der Waals surface area contributed by atoms with Crippen LogP contribution < -0.4 is 9.47 Å². The lowest BCUT2D eigenvalue weighted by Gasteiger charge is -2.24. The number of unbranched alkanes of at least 4 members (excludes halogenated alkanes) is 16. The lowest BCUT2D eigenvalue weighted by atomic mass is 10.1. The molecule has 90 heavy (non-hydrogen) atoms. The molecule has 2 aliphatic rings. The monoisotopic (exact) mass is 1250 g/mol. The van der Waals surface area contributed by atoms with E-state index in [2.05, 4.69) is 107 Å². The second kappa shape index (κ2) is 50.6. The highest BCUT2D eigenvalue weighted by Gasteiger charge is 2.16. The summed E-state index contributed by atoms with van der Waals surface area (Å²) in [6.07, 6.45) is 21.7. The van der Waals surface area contributed by atoms with Crippen LogP contribution in [0.2, 0.25) is 0 Å². The van der Waals surface area contributed by atoms with Crippen LogP contribution in [0.4, 0.5) is 0 Å². The molecule has 0 saturated carbocycles. The highest BCUT2D eigenvalue weighted by Crippen LogP contribution is 2.26. The van der Waals surface area contributed by atoms with Gasteiger partial charge in [-0.25, -0.2) is 0 Å². The van der Waals surface area contributed by atoms with Crippen LogP contribution in [0.1, 0.15) is 140 Å². The molecular weight excluding hydrogens is 1140 g/mol.